The van der Waals surface area contributed by atoms with Gasteiger partial charge in [-0.05, 0) is 29.8 Å². The second kappa shape index (κ2) is 5.28. The van der Waals surface area contributed by atoms with Crippen LogP contribution >= 0.6 is 0 Å². The summed E-state index contributed by atoms with van der Waals surface area (Å²) in [7, 11) is 1.79. The zero-order valence-corrected chi connectivity index (χ0v) is 12.5. The van der Waals surface area contributed by atoms with E-state index in [-0.39, 0.29) is 5.91 Å². The van der Waals surface area contributed by atoms with Crippen molar-refractivity contribution in [3.63, 3.8) is 0 Å². The van der Waals surface area contributed by atoms with Gasteiger partial charge in [0, 0.05) is 31.3 Å². The lowest BCUT2D eigenvalue weighted by molar-refractivity contribution is 0.102. The number of aromatic nitrogens is 4. The number of hydrogen-bond donors (Lipinski definition) is 2. The van der Waals surface area contributed by atoms with E-state index in [4.69, 9.17) is 4.74 Å². The van der Waals surface area contributed by atoms with Crippen LogP contribution in [-0.4, -0.2) is 32.5 Å². The normalized spacial score (nSPS) is 12.7. The molecule has 1 aromatic carbocycles. The Morgan fingerprint density at radius 2 is 2.26 bits per heavy atom. The van der Waals surface area contributed by atoms with Crippen molar-refractivity contribution in [2.75, 3.05) is 11.9 Å². The van der Waals surface area contributed by atoms with Gasteiger partial charge in [-0.3, -0.25) is 14.6 Å². The van der Waals surface area contributed by atoms with Gasteiger partial charge in [0.2, 0.25) is 0 Å². The summed E-state index contributed by atoms with van der Waals surface area (Å²) in [4.78, 5) is 12.2. The molecule has 23 heavy (non-hydrogen) atoms. The van der Waals surface area contributed by atoms with Gasteiger partial charge in [-0.15, -0.1) is 0 Å². The minimum absolute atomic E-state index is 0.271. The predicted molar refractivity (Wildman–Crippen MR) is 84.4 cm³/mol. The first-order valence-electron chi connectivity index (χ1n) is 7.31. The number of benzene rings is 1. The van der Waals surface area contributed by atoms with Crippen LogP contribution < -0.4 is 10.1 Å². The first kappa shape index (κ1) is 13.6. The Morgan fingerprint density at radius 3 is 3.09 bits per heavy atom. The largest absolute Gasteiger partial charge is 0.493 e. The zero-order chi connectivity index (χ0) is 15.8. The van der Waals surface area contributed by atoms with Crippen molar-refractivity contribution < 1.29 is 9.53 Å². The molecule has 3 aromatic rings. The molecular formula is C16H15N5O2. The topological polar surface area (TPSA) is 84.8 Å². The fourth-order valence-electron chi connectivity index (χ4n) is 2.60. The summed E-state index contributed by atoms with van der Waals surface area (Å²) in [6, 6.07) is 9.41. The quantitative estimate of drug-likeness (QED) is 0.775. The van der Waals surface area contributed by atoms with E-state index in [9.17, 15) is 4.79 Å². The predicted octanol–water partition coefficient (Wildman–Crippen LogP) is 2.00. The Bertz CT molecular complexity index is 880. The Balaban J connectivity index is 1.55. The van der Waals surface area contributed by atoms with Crippen LogP contribution in [0.1, 0.15) is 16.1 Å². The molecule has 1 aliphatic heterocycles. The van der Waals surface area contributed by atoms with E-state index >= 15 is 0 Å². The number of amides is 1. The number of rotatable bonds is 3. The minimum Gasteiger partial charge on any atom is -0.493 e. The van der Waals surface area contributed by atoms with Crippen molar-refractivity contribution in [3.8, 4) is 17.0 Å². The van der Waals surface area contributed by atoms with Crippen molar-refractivity contribution in [2.45, 2.75) is 6.42 Å². The number of ether oxygens (including phenoxy) is 1. The second-order valence-electron chi connectivity index (χ2n) is 5.42. The van der Waals surface area contributed by atoms with Crippen molar-refractivity contribution in [1.82, 2.24) is 20.0 Å². The number of aromatic amines is 1. The molecule has 1 aliphatic rings. The molecule has 7 heteroatoms. The molecule has 3 heterocycles. The Hall–Kier alpha value is -3.09. The van der Waals surface area contributed by atoms with Gasteiger partial charge in [0.15, 0.2) is 5.82 Å². The monoisotopic (exact) mass is 309 g/mol. The maximum absolute atomic E-state index is 12.2. The highest BCUT2D eigenvalue weighted by Crippen LogP contribution is 2.29. The first-order valence-corrected chi connectivity index (χ1v) is 7.31. The lowest BCUT2D eigenvalue weighted by Crippen LogP contribution is -2.12. The molecule has 7 nitrogen and oxygen atoms in total. The molecule has 1 amide bonds. The highest BCUT2D eigenvalue weighted by atomic mass is 16.5. The lowest BCUT2D eigenvalue weighted by Gasteiger charge is -2.01. The molecule has 2 aromatic heterocycles. The average molecular weight is 309 g/mol. The highest BCUT2D eigenvalue weighted by Gasteiger charge is 2.16. The molecule has 0 bridgehead atoms. The van der Waals surface area contributed by atoms with E-state index in [0.717, 1.165) is 30.0 Å². The van der Waals surface area contributed by atoms with Crippen molar-refractivity contribution in [2.24, 2.45) is 7.05 Å². The summed E-state index contributed by atoms with van der Waals surface area (Å²) in [5, 5.41) is 13.8. The summed E-state index contributed by atoms with van der Waals surface area (Å²) >= 11 is 0. The van der Waals surface area contributed by atoms with Crippen molar-refractivity contribution in [3.05, 3.63) is 47.8 Å². The number of aryl methyl sites for hydroxylation is 1. The molecule has 0 unspecified atom stereocenters. The van der Waals surface area contributed by atoms with E-state index in [1.165, 1.54) is 5.56 Å². The van der Waals surface area contributed by atoms with Gasteiger partial charge < -0.3 is 10.1 Å². The SMILES string of the molecule is Cn1ccc(NC(=O)c2cc(-c3ccc4c(c3)CCO4)n[nH]2)n1. The van der Waals surface area contributed by atoms with Crippen LogP contribution in [0.15, 0.2) is 36.5 Å². The fourth-order valence-corrected chi connectivity index (χ4v) is 2.60. The highest BCUT2D eigenvalue weighted by molar-refractivity contribution is 6.02. The number of nitrogens with zero attached hydrogens (tertiary/aromatic N) is 3. The smallest absolute Gasteiger partial charge is 0.274 e. The summed E-state index contributed by atoms with van der Waals surface area (Å²) in [5.74, 6) is 1.16. The van der Waals surface area contributed by atoms with E-state index in [2.05, 4.69) is 26.7 Å². The number of hydrogen-bond acceptors (Lipinski definition) is 4. The summed E-state index contributed by atoms with van der Waals surface area (Å²) in [6.45, 7) is 0.719. The van der Waals surface area contributed by atoms with Gasteiger partial charge in [0.05, 0.1) is 12.3 Å². The standard InChI is InChI=1S/C16H15N5O2/c1-21-6-4-15(20-21)17-16(22)13-9-12(18-19-13)10-2-3-14-11(8-10)5-7-23-14/h2-4,6,8-9H,5,7H2,1H3,(H,18,19)(H,17,20,22). The molecule has 0 atom stereocenters. The van der Waals surface area contributed by atoms with Gasteiger partial charge in [-0.1, -0.05) is 0 Å². The van der Waals surface area contributed by atoms with Crippen molar-refractivity contribution in [1.29, 1.82) is 0 Å². The third-order valence-corrected chi connectivity index (χ3v) is 3.76. The van der Waals surface area contributed by atoms with Crippen LogP contribution in [0.4, 0.5) is 5.82 Å². The van der Waals surface area contributed by atoms with E-state index in [0.29, 0.717) is 11.5 Å². The fraction of sp³-hybridized carbons (Fsp3) is 0.188. The number of fused-ring (bicyclic) bond motifs is 1. The number of H-pyrrole nitrogens is 1. The lowest BCUT2D eigenvalue weighted by atomic mass is 10.1. The number of nitrogens with one attached hydrogen (secondary N) is 2. The average Bonchev–Trinajstić information content (AvgIpc) is 3.26. The molecule has 2 N–H and O–H groups in total. The van der Waals surface area contributed by atoms with Gasteiger partial charge >= 0.3 is 0 Å². The summed E-state index contributed by atoms with van der Waals surface area (Å²) in [5.41, 5.74) is 3.25. The van der Waals surface area contributed by atoms with Gasteiger partial charge in [-0.2, -0.15) is 10.2 Å². The molecule has 0 aliphatic carbocycles. The first-order chi connectivity index (χ1) is 11.2. The van der Waals surface area contributed by atoms with E-state index in [1.807, 2.05) is 12.1 Å². The Labute approximate surface area is 132 Å². The maximum Gasteiger partial charge on any atom is 0.274 e. The molecule has 0 saturated carbocycles. The van der Waals surface area contributed by atoms with Crippen LogP contribution in [-0.2, 0) is 13.5 Å². The van der Waals surface area contributed by atoms with Crippen LogP contribution in [0.3, 0.4) is 0 Å². The number of carbonyl (C=O) groups is 1. The van der Waals surface area contributed by atoms with E-state index in [1.54, 1.807) is 30.1 Å². The van der Waals surface area contributed by atoms with Gasteiger partial charge in [0.1, 0.15) is 11.4 Å². The molecule has 4 rings (SSSR count). The molecule has 0 spiro atoms. The molecule has 0 fully saturated rings. The van der Waals surface area contributed by atoms with E-state index < -0.39 is 0 Å². The Kier molecular flexibility index (Phi) is 3.11. The minimum atomic E-state index is -0.271. The third-order valence-electron chi connectivity index (χ3n) is 3.76. The third kappa shape index (κ3) is 2.57. The van der Waals surface area contributed by atoms with Gasteiger partial charge in [-0.25, -0.2) is 0 Å². The van der Waals surface area contributed by atoms with Crippen LogP contribution in [0, 0.1) is 0 Å². The maximum atomic E-state index is 12.2. The zero-order valence-electron chi connectivity index (χ0n) is 12.5. The van der Waals surface area contributed by atoms with Crippen LogP contribution in [0.25, 0.3) is 11.3 Å². The number of carbonyl (C=O) groups excluding carboxylic acids is 1. The molecular weight excluding hydrogens is 294 g/mol. The van der Waals surface area contributed by atoms with Crippen LogP contribution in [0.5, 0.6) is 5.75 Å². The Morgan fingerprint density at radius 1 is 1.35 bits per heavy atom. The molecule has 0 saturated heterocycles. The summed E-state index contributed by atoms with van der Waals surface area (Å²) in [6.07, 6.45) is 2.67. The molecule has 116 valence electrons. The second-order valence-corrected chi connectivity index (χ2v) is 5.42. The van der Waals surface area contributed by atoms with Crippen LogP contribution in [0.2, 0.25) is 0 Å². The number of anilines is 1. The molecule has 0 radical (unpaired) electrons. The van der Waals surface area contributed by atoms with Crippen molar-refractivity contribution >= 4 is 11.7 Å². The van der Waals surface area contributed by atoms with Gasteiger partial charge in [0.25, 0.3) is 5.91 Å². The summed E-state index contributed by atoms with van der Waals surface area (Å²) < 4.78 is 7.13.